The number of nitrogens with zero attached hydrogens (tertiary/aromatic N) is 3. The molecule has 7 heteroatoms. The van der Waals surface area contributed by atoms with Crippen LogP contribution < -0.4 is 0 Å². The number of piperazine rings is 1. The van der Waals surface area contributed by atoms with E-state index in [2.05, 4.69) is 9.88 Å². The van der Waals surface area contributed by atoms with Crippen LogP contribution in [0.2, 0.25) is 0 Å². The van der Waals surface area contributed by atoms with E-state index in [0.717, 1.165) is 5.56 Å². The maximum Gasteiger partial charge on any atom is 0.254 e. The molecule has 0 spiro atoms. The smallest absolute Gasteiger partial charge is 0.254 e. The molecular formula is C19H21N3O3S. The van der Waals surface area contributed by atoms with Gasteiger partial charge in [0.25, 0.3) is 5.91 Å². The average Bonchev–Trinajstić information content (AvgIpc) is 2.98. The van der Waals surface area contributed by atoms with E-state index in [4.69, 9.17) is 0 Å². The van der Waals surface area contributed by atoms with Gasteiger partial charge in [0, 0.05) is 43.6 Å². The van der Waals surface area contributed by atoms with Crippen LogP contribution in [-0.2, 0) is 16.4 Å². The minimum absolute atomic E-state index is 0.0447. The number of sulfone groups is 1. The van der Waals surface area contributed by atoms with Crippen molar-refractivity contribution in [2.45, 2.75) is 18.6 Å². The van der Waals surface area contributed by atoms with Crippen LogP contribution in [0.3, 0.4) is 0 Å². The molecule has 0 saturated carbocycles. The first-order valence-corrected chi connectivity index (χ1v) is 10.5. The molecule has 26 heavy (non-hydrogen) atoms. The first-order valence-electron chi connectivity index (χ1n) is 8.73. The quantitative estimate of drug-likeness (QED) is 0.811. The standard InChI is InChI=1S/C19H21N3O3S/c23-19(16-4-2-1-3-5-16)22-11-10-21(12-15-6-8-20-9-7-15)17-13-26(24,25)14-18(17)22/h1-9,17-18H,10-14H2. The lowest BCUT2D eigenvalue weighted by molar-refractivity contribution is 0.0306. The second-order valence-electron chi connectivity index (χ2n) is 6.90. The van der Waals surface area contributed by atoms with Gasteiger partial charge in [-0.15, -0.1) is 0 Å². The van der Waals surface area contributed by atoms with E-state index in [1.165, 1.54) is 0 Å². The molecule has 3 heterocycles. The predicted octanol–water partition coefficient (Wildman–Crippen LogP) is 1.21. The van der Waals surface area contributed by atoms with Crippen LogP contribution in [0.1, 0.15) is 15.9 Å². The van der Waals surface area contributed by atoms with Gasteiger partial charge >= 0.3 is 0 Å². The lowest BCUT2D eigenvalue weighted by Crippen LogP contribution is -2.60. The zero-order valence-electron chi connectivity index (χ0n) is 14.4. The zero-order chi connectivity index (χ0) is 18.1. The third-order valence-electron chi connectivity index (χ3n) is 5.21. The molecule has 4 rings (SSSR count). The molecule has 2 fully saturated rings. The van der Waals surface area contributed by atoms with E-state index in [0.29, 0.717) is 25.2 Å². The SMILES string of the molecule is O=C(c1ccccc1)N1CCN(Cc2ccncc2)C2CS(=O)(=O)CC21. The highest BCUT2D eigenvalue weighted by molar-refractivity contribution is 7.91. The van der Waals surface area contributed by atoms with E-state index < -0.39 is 9.84 Å². The van der Waals surface area contributed by atoms with Crippen LogP contribution in [0.25, 0.3) is 0 Å². The van der Waals surface area contributed by atoms with Crippen LogP contribution in [0.4, 0.5) is 0 Å². The zero-order valence-corrected chi connectivity index (χ0v) is 15.2. The molecule has 0 aliphatic carbocycles. The normalized spacial score (nSPS) is 25.0. The maximum atomic E-state index is 12.9. The van der Waals surface area contributed by atoms with E-state index in [1.807, 2.05) is 30.3 Å². The molecule has 0 radical (unpaired) electrons. The number of hydrogen-bond acceptors (Lipinski definition) is 5. The van der Waals surface area contributed by atoms with Gasteiger partial charge in [0.1, 0.15) is 0 Å². The van der Waals surface area contributed by atoms with Crippen molar-refractivity contribution in [3.63, 3.8) is 0 Å². The summed E-state index contributed by atoms with van der Waals surface area (Å²) < 4.78 is 24.6. The Hall–Kier alpha value is -2.25. The van der Waals surface area contributed by atoms with Crippen LogP contribution in [0, 0.1) is 0 Å². The van der Waals surface area contributed by atoms with Crippen LogP contribution in [0.15, 0.2) is 54.9 Å². The Morgan fingerprint density at radius 1 is 1.00 bits per heavy atom. The van der Waals surface area contributed by atoms with Crippen molar-refractivity contribution in [1.29, 1.82) is 0 Å². The third-order valence-corrected chi connectivity index (χ3v) is 6.91. The molecule has 0 N–H and O–H groups in total. The van der Waals surface area contributed by atoms with Crippen LogP contribution in [-0.4, -0.2) is 65.8 Å². The fourth-order valence-electron chi connectivity index (χ4n) is 3.94. The fourth-order valence-corrected chi connectivity index (χ4v) is 5.95. The first kappa shape index (κ1) is 17.2. The molecule has 1 aromatic heterocycles. The van der Waals surface area contributed by atoms with Crippen molar-refractivity contribution in [2.75, 3.05) is 24.6 Å². The van der Waals surface area contributed by atoms with Gasteiger partial charge in [0.05, 0.1) is 17.5 Å². The summed E-state index contributed by atoms with van der Waals surface area (Å²) in [6, 6.07) is 12.5. The van der Waals surface area contributed by atoms with Crippen molar-refractivity contribution in [3.8, 4) is 0 Å². The van der Waals surface area contributed by atoms with Gasteiger partial charge in [0.2, 0.25) is 0 Å². The lowest BCUT2D eigenvalue weighted by Gasteiger charge is -2.44. The number of rotatable bonds is 3. The molecular weight excluding hydrogens is 350 g/mol. The van der Waals surface area contributed by atoms with Gasteiger partial charge < -0.3 is 4.90 Å². The third kappa shape index (κ3) is 3.37. The molecule has 2 aliphatic heterocycles. The van der Waals surface area contributed by atoms with E-state index >= 15 is 0 Å². The van der Waals surface area contributed by atoms with Crippen LogP contribution >= 0.6 is 0 Å². The molecule has 0 bridgehead atoms. The highest BCUT2D eigenvalue weighted by Gasteiger charge is 2.47. The predicted molar refractivity (Wildman–Crippen MR) is 98.4 cm³/mol. The van der Waals surface area contributed by atoms with Gasteiger partial charge in [-0.3, -0.25) is 14.7 Å². The van der Waals surface area contributed by atoms with Gasteiger partial charge in [-0.1, -0.05) is 18.2 Å². The van der Waals surface area contributed by atoms with Crippen molar-refractivity contribution in [1.82, 2.24) is 14.8 Å². The van der Waals surface area contributed by atoms with Crippen LogP contribution in [0.5, 0.6) is 0 Å². The van der Waals surface area contributed by atoms with Gasteiger partial charge in [-0.2, -0.15) is 0 Å². The Morgan fingerprint density at radius 2 is 1.69 bits per heavy atom. The molecule has 2 atom stereocenters. The summed E-state index contributed by atoms with van der Waals surface area (Å²) in [6.45, 7) is 1.87. The summed E-state index contributed by atoms with van der Waals surface area (Å²) >= 11 is 0. The number of pyridine rings is 1. The molecule has 1 amide bonds. The number of hydrogen-bond donors (Lipinski definition) is 0. The van der Waals surface area contributed by atoms with Gasteiger partial charge in [-0.25, -0.2) is 8.42 Å². The van der Waals surface area contributed by atoms with Gasteiger partial charge in [0.15, 0.2) is 9.84 Å². The van der Waals surface area contributed by atoms with E-state index in [1.54, 1.807) is 29.4 Å². The Bertz CT molecular complexity index is 887. The fraction of sp³-hybridized carbons (Fsp3) is 0.368. The van der Waals surface area contributed by atoms with Crippen molar-refractivity contribution in [2.24, 2.45) is 0 Å². The molecule has 2 aliphatic rings. The van der Waals surface area contributed by atoms with Crippen molar-refractivity contribution in [3.05, 3.63) is 66.0 Å². The highest BCUT2D eigenvalue weighted by Crippen LogP contribution is 2.29. The topological polar surface area (TPSA) is 70.6 Å². The molecule has 1 aromatic carbocycles. The molecule has 2 unspecified atom stereocenters. The minimum atomic E-state index is -3.15. The van der Waals surface area contributed by atoms with Crippen molar-refractivity contribution < 1.29 is 13.2 Å². The summed E-state index contributed by atoms with van der Waals surface area (Å²) in [7, 11) is -3.15. The monoisotopic (exact) mass is 371 g/mol. The Labute approximate surface area is 153 Å². The Kier molecular flexibility index (Phi) is 4.50. The second kappa shape index (κ2) is 6.81. The summed E-state index contributed by atoms with van der Waals surface area (Å²) in [5, 5.41) is 0. The maximum absolute atomic E-state index is 12.9. The average molecular weight is 371 g/mol. The molecule has 2 aromatic rings. The summed E-state index contributed by atoms with van der Waals surface area (Å²) in [6.07, 6.45) is 3.49. The molecule has 2 saturated heterocycles. The second-order valence-corrected chi connectivity index (χ2v) is 9.06. The first-order chi connectivity index (χ1) is 12.5. The number of amides is 1. The minimum Gasteiger partial charge on any atom is -0.332 e. The number of fused-ring (bicyclic) bond motifs is 1. The van der Waals surface area contributed by atoms with E-state index in [-0.39, 0.29) is 29.5 Å². The number of benzene rings is 1. The summed E-state index contributed by atoms with van der Waals surface area (Å²) in [5.74, 6) is 0.0750. The molecule has 6 nitrogen and oxygen atoms in total. The number of carbonyl (C=O) groups is 1. The number of aromatic nitrogens is 1. The highest BCUT2D eigenvalue weighted by atomic mass is 32.2. The lowest BCUT2D eigenvalue weighted by atomic mass is 10.0. The Morgan fingerprint density at radius 3 is 2.42 bits per heavy atom. The summed E-state index contributed by atoms with van der Waals surface area (Å²) in [4.78, 5) is 20.9. The number of carbonyl (C=O) groups excluding carboxylic acids is 1. The summed E-state index contributed by atoms with van der Waals surface area (Å²) in [5.41, 5.74) is 1.71. The van der Waals surface area contributed by atoms with Gasteiger partial charge in [-0.05, 0) is 29.8 Å². The largest absolute Gasteiger partial charge is 0.332 e. The van der Waals surface area contributed by atoms with Crippen molar-refractivity contribution >= 4 is 15.7 Å². The Balaban J connectivity index is 1.59. The molecule has 136 valence electrons. The van der Waals surface area contributed by atoms with E-state index in [9.17, 15) is 13.2 Å².